The first-order valence-corrected chi connectivity index (χ1v) is 3.97. The van der Waals surface area contributed by atoms with E-state index < -0.39 is 3.79 Å². The molecule has 0 saturated carbocycles. The Hall–Kier alpha value is 0.570. The van der Waals surface area contributed by atoms with Gasteiger partial charge in [-0.05, 0) is 12.2 Å². The minimum atomic E-state index is -1.51. The normalized spacial score (nSPS) is 12.4. The van der Waals surface area contributed by atoms with Gasteiger partial charge < -0.3 is 0 Å². The zero-order valence-electron chi connectivity index (χ0n) is 4.78. The van der Waals surface area contributed by atoms with Crippen LogP contribution >= 0.6 is 46.4 Å². The van der Waals surface area contributed by atoms with Gasteiger partial charge in [0.15, 0.2) is 5.78 Å². The van der Waals surface area contributed by atoms with E-state index in [4.69, 9.17) is 46.4 Å². The fourth-order valence-corrected chi connectivity index (χ4v) is 0.510. The van der Waals surface area contributed by atoms with E-state index in [2.05, 4.69) is 0 Å². The van der Waals surface area contributed by atoms with Gasteiger partial charge in [-0.2, -0.15) is 0 Å². The molecule has 0 bridgehead atoms. The minimum absolute atomic E-state index is 0.1000. The summed E-state index contributed by atoms with van der Waals surface area (Å²) in [5, 5.41) is 0. The van der Waals surface area contributed by atoms with Gasteiger partial charge in [-0.25, -0.2) is 0 Å². The fraction of sp³-hybridized carbons (Fsp3) is 0.400. The van der Waals surface area contributed by atoms with Gasteiger partial charge in [0, 0.05) is 0 Å². The SMILES string of the molecule is O=C(/C=C/C(Cl)(Cl)Cl)CCl. The Balaban J connectivity index is 3.88. The van der Waals surface area contributed by atoms with Gasteiger partial charge in [0.05, 0.1) is 5.88 Å². The van der Waals surface area contributed by atoms with Gasteiger partial charge in [0.2, 0.25) is 3.79 Å². The lowest BCUT2D eigenvalue weighted by molar-refractivity contribution is -0.112. The molecule has 58 valence electrons. The largest absolute Gasteiger partial charge is 0.294 e. The number of ketones is 1. The third kappa shape index (κ3) is 6.69. The van der Waals surface area contributed by atoms with Crippen LogP contribution in [0.2, 0.25) is 0 Å². The van der Waals surface area contributed by atoms with E-state index in [-0.39, 0.29) is 11.7 Å². The smallest absolute Gasteiger partial charge is 0.209 e. The van der Waals surface area contributed by atoms with E-state index in [1.54, 1.807) is 0 Å². The van der Waals surface area contributed by atoms with Crippen LogP contribution in [0.25, 0.3) is 0 Å². The topological polar surface area (TPSA) is 17.1 Å². The van der Waals surface area contributed by atoms with Gasteiger partial charge in [0.1, 0.15) is 0 Å². The molecule has 0 aliphatic rings. The van der Waals surface area contributed by atoms with Crippen LogP contribution < -0.4 is 0 Å². The van der Waals surface area contributed by atoms with Crippen LogP contribution in [0.3, 0.4) is 0 Å². The lowest BCUT2D eigenvalue weighted by Crippen LogP contribution is -1.99. The Morgan fingerprint density at radius 3 is 2.20 bits per heavy atom. The highest BCUT2D eigenvalue weighted by molar-refractivity contribution is 6.69. The fourth-order valence-electron chi connectivity index (χ4n) is 0.232. The molecule has 0 heterocycles. The van der Waals surface area contributed by atoms with Crippen molar-refractivity contribution in [1.29, 1.82) is 0 Å². The summed E-state index contributed by atoms with van der Waals surface area (Å²) in [6, 6.07) is 0. The lowest BCUT2D eigenvalue weighted by atomic mass is 10.4. The Kier molecular flexibility index (Phi) is 4.70. The first-order valence-electron chi connectivity index (χ1n) is 2.30. The van der Waals surface area contributed by atoms with Gasteiger partial charge in [-0.1, -0.05) is 34.8 Å². The summed E-state index contributed by atoms with van der Waals surface area (Å²) in [7, 11) is 0. The standard InChI is InChI=1S/C5H4Cl4O/c6-3-4(10)1-2-5(7,8)9/h1-2H,3H2/b2-1+. The van der Waals surface area contributed by atoms with Crippen molar-refractivity contribution < 1.29 is 4.79 Å². The van der Waals surface area contributed by atoms with Crippen LogP contribution in [0.4, 0.5) is 0 Å². The Labute approximate surface area is 78.9 Å². The molecule has 0 unspecified atom stereocenters. The van der Waals surface area contributed by atoms with E-state index in [0.29, 0.717) is 0 Å². The van der Waals surface area contributed by atoms with Crippen LogP contribution in [0.15, 0.2) is 12.2 Å². The second kappa shape index (κ2) is 4.45. The van der Waals surface area contributed by atoms with Crippen molar-refractivity contribution >= 4 is 52.2 Å². The van der Waals surface area contributed by atoms with E-state index in [0.717, 1.165) is 12.2 Å². The van der Waals surface area contributed by atoms with Gasteiger partial charge in [0.25, 0.3) is 0 Å². The average Bonchev–Trinajstić information content (AvgIpc) is 1.81. The van der Waals surface area contributed by atoms with Gasteiger partial charge in [-0.3, -0.25) is 4.79 Å². The van der Waals surface area contributed by atoms with Crippen LogP contribution in [-0.4, -0.2) is 15.5 Å². The number of alkyl halides is 4. The Morgan fingerprint density at radius 1 is 1.40 bits per heavy atom. The summed E-state index contributed by atoms with van der Waals surface area (Å²) in [5.74, 6) is -0.384. The molecule has 0 aromatic carbocycles. The quantitative estimate of drug-likeness (QED) is 0.518. The molecular formula is C5H4Cl4O. The maximum Gasteiger partial charge on any atom is 0.209 e. The zero-order valence-corrected chi connectivity index (χ0v) is 7.81. The van der Waals surface area contributed by atoms with Crippen molar-refractivity contribution in [1.82, 2.24) is 0 Å². The lowest BCUT2D eigenvalue weighted by Gasteiger charge is -2.00. The van der Waals surface area contributed by atoms with Gasteiger partial charge in [-0.15, -0.1) is 11.6 Å². The minimum Gasteiger partial charge on any atom is -0.294 e. The molecule has 0 spiro atoms. The second-order valence-corrected chi connectivity index (χ2v) is 4.11. The van der Waals surface area contributed by atoms with Crippen molar-refractivity contribution in [3.05, 3.63) is 12.2 Å². The summed E-state index contributed by atoms with van der Waals surface area (Å²) < 4.78 is -1.51. The molecule has 0 rings (SSSR count). The summed E-state index contributed by atoms with van der Waals surface area (Å²) in [5.41, 5.74) is 0. The molecule has 0 aromatic rings. The second-order valence-electron chi connectivity index (χ2n) is 1.47. The maximum absolute atomic E-state index is 10.5. The molecule has 0 aliphatic carbocycles. The molecule has 10 heavy (non-hydrogen) atoms. The van der Waals surface area contributed by atoms with E-state index >= 15 is 0 Å². The monoisotopic (exact) mass is 220 g/mol. The van der Waals surface area contributed by atoms with Gasteiger partial charge >= 0.3 is 0 Å². The molecule has 0 aromatic heterocycles. The van der Waals surface area contributed by atoms with Crippen molar-refractivity contribution in [3.63, 3.8) is 0 Å². The van der Waals surface area contributed by atoms with Crippen LogP contribution in [0.1, 0.15) is 0 Å². The van der Waals surface area contributed by atoms with E-state index in [1.165, 1.54) is 0 Å². The summed E-state index contributed by atoms with van der Waals surface area (Å²) in [6.45, 7) is 0. The number of rotatable bonds is 2. The van der Waals surface area contributed by atoms with Crippen molar-refractivity contribution in [2.45, 2.75) is 3.79 Å². The van der Waals surface area contributed by atoms with E-state index in [1.807, 2.05) is 0 Å². The first-order chi connectivity index (χ1) is 4.45. The number of allylic oxidation sites excluding steroid dienone is 2. The molecule has 0 amide bonds. The van der Waals surface area contributed by atoms with Crippen molar-refractivity contribution in [2.24, 2.45) is 0 Å². The van der Waals surface area contributed by atoms with Crippen LogP contribution in [0.5, 0.6) is 0 Å². The summed E-state index contributed by atoms with van der Waals surface area (Å²) in [4.78, 5) is 10.5. The van der Waals surface area contributed by atoms with Crippen molar-refractivity contribution in [3.8, 4) is 0 Å². The predicted molar refractivity (Wildman–Crippen MR) is 45.2 cm³/mol. The highest BCUT2D eigenvalue weighted by Gasteiger charge is 2.14. The predicted octanol–water partition coefficient (Wildman–Crippen LogP) is 2.72. The zero-order chi connectivity index (χ0) is 8.20. The highest BCUT2D eigenvalue weighted by atomic mass is 35.6. The third-order valence-corrected chi connectivity index (χ3v) is 1.23. The third-order valence-electron chi connectivity index (χ3n) is 0.590. The molecule has 0 saturated heterocycles. The molecular weight excluding hydrogens is 218 g/mol. The summed E-state index contributed by atoms with van der Waals surface area (Å²) >= 11 is 21.0. The number of carbonyl (C=O) groups is 1. The molecule has 5 heteroatoms. The number of carbonyl (C=O) groups excluding carboxylic acids is 1. The summed E-state index contributed by atoms with van der Waals surface area (Å²) in [6.07, 6.45) is 2.29. The van der Waals surface area contributed by atoms with Crippen LogP contribution in [-0.2, 0) is 4.79 Å². The number of hydrogen-bond donors (Lipinski definition) is 0. The van der Waals surface area contributed by atoms with Crippen LogP contribution in [0, 0.1) is 0 Å². The Bertz CT molecular complexity index is 146. The molecule has 1 nitrogen and oxygen atoms in total. The molecule has 0 aliphatic heterocycles. The number of halogens is 4. The molecule has 0 atom stereocenters. The highest BCUT2D eigenvalue weighted by Crippen LogP contribution is 2.27. The average molecular weight is 222 g/mol. The molecule has 0 fully saturated rings. The number of hydrogen-bond acceptors (Lipinski definition) is 1. The first kappa shape index (κ1) is 10.6. The van der Waals surface area contributed by atoms with Crippen molar-refractivity contribution in [2.75, 3.05) is 5.88 Å². The van der Waals surface area contributed by atoms with E-state index in [9.17, 15) is 4.79 Å². The molecule has 0 radical (unpaired) electrons. The Morgan fingerprint density at radius 2 is 1.90 bits per heavy atom. The molecule has 0 N–H and O–H groups in total. The maximum atomic E-state index is 10.5.